The zero-order chi connectivity index (χ0) is 53.5. The van der Waals surface area contributed by atoms with Crippen LogP contribution in [0, 0.1) is 0 Å². The van der Waals surface area contributed by atoms with E-state index >= 15 is 0 Å². The van der Waals surface area contributed by atoms with Gasteiger partial charge < -0.3 is 109 Å². The van der Waals surface area contributed by atoms with Crippen molar-refractivity contribution in [2.75, 3.05) is 33.0 Å². The van der Waals surface area contributed by atoms with Crippen LogP contribution in [0.25, 0.3) is 0 Å². The molecule has 4 saturated heterocycles. The topological polar surface area (TPSA) is 382 Å². The average Bonchev–Trinajstić information content (AvgIpc) is 3.35. The van der Waals surface area contributed by atoms with E-state index in [2.05, 4.69) is 41.1 Å². The molecule has 0 aliphatic carbocycles. The molecule has 4 fully saturated rings. The molecule has 1 aromatic carbocycles. The van der Waals surface area contributed by atoms with Crippen LogP contribution in [-0.2, 0) is 51.7 Å². The van der Waals surface area contributed by atoms with Crippen molar-refractivity contribution < 1.29 is 107 Å². The number of hydrogen-bond donors (Lipinski definition) is 14. The Kier molecular flexibility index (Phi) is 24.2. The molecule has 27 heteroatoms. The normalized spacial score (nSPS) is 36.7. The van der Waals surface area contributed by atoms with E-state index in [1.165, 1.54) is 25.0 Å². The van der Waals surface area contributed by atoms with Crippen LogP contribution in [0.4, 0.5) is 0 Å². The van der Waals surface area contributed by atoms with Crippen molar-refractivity contribution >= 4 is 36.5 Å². The molecule has 4 aliphatic rings. The second-order valence-corrected chi connectivity index (χ2v) is 18.7. The predicted octanol–water partition coefficient (Wildman–Crippen LogP) is -3.88. The third kappa shape index (κ3) is 16.1. The third-order valence-corrected chi connectivity index (χ3v) is 13.1. The first-order chi connectivity index (χ1) is 34.9. The lowest BCUT2D eigenvalue weighted by molar-refractivity contribution is -0.361. The molecule has 0 bridgehead atoms. The minimum atomic E-state index is -1.93. The molecule has 26 nitrogen and oxygen atoms in total. The van der Waals surface area contributed by atoms with Crippen LogP contribution in [0.2, 0.25) is 0 Å². The molecular weight excluding hydrogens is 993 g/mol. The lowest BCUT2D eigenvalue weighted by Crippen LogP contribution is -2.71. The first-order valence-corrected chi connectivity index (χ1v) is 24.8. The van der Waals surface area contributed by atoms with Crippen LogP contribution in [0.3, 0.4) is 0 Å². The van der Waals surface area contributed by atoms with Gasteiger partial charge in [0, 0.05) is 26.3 Å². The fourth-order valence-corrected chi connectivity index (χ4v) is 9.35. The summed E-state index contributed by atoms with van der Waals surface area (Å²) in [5.74, 6) is -2.50. The van der Waals surface area contributed by atoms with Crippen LogP contribution in [-0.4, -0.2) is 225 Å². The van der Waals surface area contributed by atoms with Gasteiger partial charge in [-0.2, -0.15) is 0 Å². The van der Waals surface area contributed by atoms with E-state index in [-0.39, 0.29) is 5.56 Å². The summed E-state index contributed by atoms with van der Waals surface area (Å²) in [7, 11) is 0. The number of nitrogens with one attached hydrogen (secondary N) is 4. The Hall–Kier alpha value is -3.43. The smallest absolute Gasteiger partial charge is 0.251 e. The van der Waals surface area contributed by atoms with Gasteiger partial charge >= 0.3 is 0 Å². The minimum Gasteiger partial charge on any atom is -0.494 e. The van der Waals surface area contributed by atoms with E-state index in [0.717, 1.165) is 52.9 Å². The van der Waals surface area contributed by atoms with Crippen LogP contribution in [0.15, 0.2) is 24.3 Å². The average molecular weight is 1070 g/mol. The summed E-state index contributed by atoms with van der Waals surface area (Å²) in [6, 6.07) is -0.0633. The number of amides is 4. The summed E-state index contributed by atoms with van der Waals surface area (Å²) in [6.45, 7) is 2.78. The maximum Gasteiger partial charge on any atom is 0.251 e. The third-order valence-electron chi connectivity index (χ3n) is 12.9. The monoisotopic (exact) mass is 1070 g/mol. The van der Waals surface area contributed by atoms with E-state index in [9.17, 15) is 65.1 Å². The fraction of sp³-hybridized carbons (Fsp3) is 0.783. The maximum atomic E-state index is 13.8. The number of carbonyl (C=O) groups is 4. The largest absolute Gasteiger partial charge is 0.494 e. The van der Waals surface area contributed by atoms with Gasteiger partial charge in [0.05, 0.1) is 33.0 Å². The molecule has 4 heterocycles. The summed E-state index contributed by atoms with van der Waals surface area (Å²) in [4.78, 5) is 51.0. The lowest BCUT2D eigenvalue weighted by Gasteiger charge is -2.51. The Balaban J connectivity index is 1.35. The first-order valence-electron chi connectivity index (χ1n) is 24.5. The van der Waals surface area contributed by atoms with E-state index < -0.39 is 173 Å². The molecule has 0 aromatic heterocycles. The number of unbranched alkanes of at least 4 members (excludes halogenated alkanes) is 6. The van der Waals surface area contributed by atoms with Gasteiger partial charge in [0.2, 0.25) is 17.7 Å². The van der Waals surface area contributed by atoms with Gasteiger partial charge in [-0.25, -0.2) is 0 Å². The molecule has 416 valence electrons. The number of rotatable bonds is 25. The molecule has 73 heavy (non-hydrogen) atoms. The van der Waals surface area contributed by atoms with Crippen molar-refractivity contribution in [1.29, 1.82) is 0 Å². The van der Waals surface area contributed by atoms with E-state index in [4.69, 9.17) is 42.1 Å². The van der Waals surface area contributed by atoms with Gasteiger partial charge in [-0.1, -0.05) is 51.5 Å². The van der Waals surface area contributed by atoms with Gasteiger partial charge in [0.1, 0.15) is 103 Å². The molecule has 0 spiro atoms. The zero-order valence-electron chi connectivity index (χ0n) is 41.1. The van der Waals surface area contributed by atoms with Crippen LogP contribution in [0.5, 0.6) is 5.75 Å². The number of hydrogen-bond acceptors (Lipinski definition) is 23. The molecule has 0 radical (unpaired) electrons. The Morgan fingerprint density at radius 3 is 1.51 bits per heavy atom. The van der Waals surface area contributed by atoms with Crippen LogP contribution in [0.1, 0.15) is 83.0 Å². The van der Waals surface area contributed by atoms with E-state index in [1.54, 1.807) is 12.1 Å². The minimum absolute atomic E-state index is 0.0961. The summed E-state index contributed by atoms with van der Waals surface area (Å²) < 4.78 is 52.6. The highest BCUT2D eigenvalue weighted by molar-refractivity contribution is 7.75. The van der Waals surface area contributed by atoms with Gasteiger partial charge in [0.15, 0.2) is 25.2 Å². The molecule has 5 rings (SSSR count). The number of aliphatic hydroxyl groups is 9. The SMILES string of the molecule is CCCCCCCCCOc1cccc(C(=O)NC2C(OC3C(CO)OC(OC4C(CO)OC(OC5C(COS)OC(O)C(NC(C)=O)C5O)C(NC(C)=O)C4O)C(NC(C)=O)C3O)OC(CO)C(O)C2O)c1. The molecule has 0 saturated carbocycles. The predicted molar refractivity (Wildman–Crippen MR) is 252 cm³/mol. The van der Waals surface area contributed by atoms with Gasteiger partial charge in [-0.3, -0.25) is 19.2 Å². The van der Waals surface area contributed by atoms with E-state index in [1.807, 2.05) is 0 Å². The zero-order valence-corrected chi connectivity index (χ0v) is 42.0. The van der Waals surface area contributed by atoms with Gasteiger partial charge in [0.25, 0.3) is 5.91 Å². The summed E-state index contributed by atoms with van der Waals surface area (Å²) in [5.41, 5.74) is 0.0961. The van der Waals surface area contributed by atoms with Crippen LogP contribution >= 0.6 is 12.9 Å². The number of ether oxygens (including phenoxy) is 8. The standard InChI is InChI=1S/C46H74N4O22S/c1-5-6-7-8-9-10-11-15-64-25-14-12-13-24(16-25)42(62)50-31-35(58)34(57)26(17-51)67-44(31)70-39-27(18-52)68-45(32(37(39)60)48-22(3)55)71-40-28(19-53)69-46(33(38(40)61)49-23(4)56)72-41-29(20-65-73)66-43(63)30(36(41)59)47-21(2)54/h12-14,16,26-41,43-46,51-53,57-61,63,73H,5-11,15,17-20H2,1-4H3,(H,47,54)(H,48,55)(H,49,56)(H,50,62). The highest BCUT2D eigenvalue weighted by atomic mass is 32.1. The second kappa shape index (κ2) is 29.2. The maximum absolute atomic E-state index is 13.8. The Bertz CT molecular complexity index is 1900. The van der Waals surface area contributed by atoms with Gasteiger partial charge in [-0.05, 0) is 37.5 Å². The van der Waals surface area contributed by atoms with E-state index in [0.29, 0.717) is 12.4 Å². The second-order valence-electron chi connectivity index (χ2n) is 18.5. The van der Waals surface area contributed by atoms with Gasteiger partial charge in [-0.15, -0.1) is 0 Å². The first kappa shape index (κ1) is 60.4. The van der Waals surface area contributed by atoms with Crippen LogP contribution < -0.4 is 26.0 Å². The van der Waals surface area contributed by atoms with Crippen molar-refractivity contribution in [2.45, 2.75) is 195 Å². The highest BCUT2D eigenvalue weighted by Gasteiger charge is 2.56. The molecular formula is C46H74N4O22S. The highest BCUT2D eigenvalue weighted by Crippen LogP contribution is 2.35. The Morgan fingerprint density at radius 2 is 1.01 bits per heavy atom. The molecule has 20 unspecified atom stereocenters. The summed E-state index contributed by atoms with van der Waals surface area (Å²) >= 11 is 3.73. The summed E-state index contributed by atoms with van der Waals surface area (Å²) in [6.07, 6.45) is -19.6. The quantitative estimate of drug-likeness (QED) is 0.0253. The number of thiol groups is 1. The molecule has 1 aromatic rings. The van der Waals surface area contributed by atoms with Crippen molar-refractivity contribution in [3.63, 3.8) is 0 Å². The number of benzene rings is 1. The van der Waals surface area contributed by atoms with Crippen molar-refractivity contribution in [2.24, 2.45) is 0 Å². The fourth-order valence-electron chi connectivity index (χ4n) is 9.21. The molecule has 4 amide bonds. The van der Waals surface area contributed by atoms with Crippen molar-refractivity contribution in [1.82, 2.24) is 21.3 Å². The molecule has 20 atom stereocenters. The number of carbonyl (C=O) groups excluding carboxylic acids is 4. The summed E-state index contributed by atoms with van der Waals surface area (Å²) in [5, 5.41) is 109. The van der Waals surface area contributed by atoms with Crippen molar-refractivity contribution in [3.8, 4) is 5.75 Å². The lowest BCUT2D eigenvalue weighted by atomic mass is 9.93. The van der Waals surface area contributed by atoms with Crippen molar-refractivity contribution in [3.05, 3.63) is 29.8 Å². The number of aliphatic hydroxyl groups excluding tert-OH is 9. The molecule has 4 aliphatic heterocycles. The Labute approximate surface area is 427 Å². The Morgan fingerprint density at radius 1 is 0.562 bits per heavy atom. The molecule has 13 N–H and O–H groups in total.